The lowest BCUT2D eigenvalue weighted by Gasteiger charge is -2.32. The third-order valence-corrected chi connectivity index (χ3v) is 5.33. The SMILES string of the molecule is C#Cc1cccc(N(C(=O)CCl)C(C(=O)NC2CCCCC2)c2ccccn2)c1. The van der Waals surface area contributed by atoms with E-state index in [1.54, 1.807) is 48.7 Å². The van der Waals surface area contributed by atoms with Crippen molar-refractivity contribution in [3.63, 3.8) is 0 Å². The minimum atomic E-state index is -0.933. The number of nitrogens with zero attached hydrogens (tertiary/aromatic N) is 2. The molecule has 0 spiro atoms. The predicted molar refractivity (Wildman–Crippen MR) is 115 cm³/mol. The Morgan fingerprint density at radius 2 is 2.00 bits per heavy atom. The van der Waals surface area contributed by atoms with Gasteiger partial charge in [0.2, 0.25) is 11.8 Å². The van der Waals surface area contributed by atoms with Crippen molar-refractivity contribution in [2.24, 2.45) is 0 Å². The van der Waals surface area contributed by atoms with Crippen LogP contribution >= 0.6 is 11.6 Å². The first kappa shape index (κ1) is 20.9. The average molecular weight is 410 g/mol. The molecule has 6 heteroatoms. The molecule has 1 aliphatic rings. The van der Waals surface area contributed by atoms with Gasteiger partial charge >= 0.3 is 0 Å². The second kappa shape index (κ2) is 10.1. The zero-order chi connectivity index (χ0) is 20.6. The molecule has 5 nitrogen and oxygen atoms in total. The summed E-state index contributed by atoms with van der Waals surface area (Å²) in [7, 11) is 0. The van der Waals surface area contributed by atoms with Crippen LogP contribution < -0.4 is 10.2 Å². The number of hydrogen-bond donors (Lipinski definition) is 1. The van der Waals surface area contributed by atoms with Gasteiger partial charge in [-0.2, -0.15) is 0 Å². The van der Waals surface area contributed by atoms with Crippen molar-refractivity contribution < 1.29 is 9.59 Å². The summed E-state index contributed by atoms with van der Waals surface area (Å²) in [6.45, 7) is 0. The number of anilines is 1. The highest BCUT2D eigenvalue weighted by atomic mass is 35.5. The second-order valence-electron chi connectivity index (χ2n) is 7.09. The molecule has 1 fully saturated rings. The minimum Gasteiger partial charge on any atom is -0.351 e. The summed E-state index contributed by atoms with van der Waals surface area (Å²) in [6.07, 6.45) is 12.4. The molecule has 0 bridgehead atoms. The number of carbonyl (C=O) groups excluding carboxylic acids is 2. The van der Waals surface area contributed by atoms with Gasteiger partial charge < -0.3 is 5.32 Å². The Kier molecular flexibility index (Phi) is 7.26. The van der Waals surface area contributed by atoms with E-state index >= 15 is 0 Å². The molecule has 0 saturated heterocycles. The van der Waals surface area contributed by atoms with Gasteiger partial charge in [-0.05, 0) is 43.2 Å². The first-order chi connectivity index (χ1) is 14.1. The number of alkyl halides is 1. The van der Waals surface area contributed by atoms with Crippen LogP contribution in [-0.4, -0.2) is 28.7 Å². The van der Waals surface area contributed by atoms with Crippen molar-refractivity contribution in [3.05, 3.63) is 59.9 Å². The highest BCUT2D eigenvalue weighted by Gasteiger charge is 2.34. The Bertz CT molecular complexity index is 888. The van der Waals surface area contributed by atoms with E-state index in [4.69, 9.17) is 18.0 Å². The van der Waals surface area contributed by atoms with Crippen molar-refractivity contribution in [3.8, 4) is 12.3 Å². The molecule has 1 N–H and O–H groups in total. The molecule has 2 aromatic rings. The molecule has 150 valence electrons. The van der Waals surface area contributed by atoms with Crippen molar-refractivity contribution in [2.45, 2.75) is 44.2 Å². The fraction of sp³-hybridized carbons (Fsp3) is 0.348. The largest absolute Gasteiger partial charge is 0.351 e. The maximum atomic E-state index is 13.4. The molecule has 3 rings (SSSR count). The topological polar surface area (TPSA) is 62.3 Å². The fourth-order valence-corrected chi connectivity index (χ4v) is 3.82. The Balaban J connectivity index is 2.01. The minimum absolute atomic E-state index is 0.104. The van der Waals surface area contributed by atoms with Crippen LogP contribution in [-0.2, 0) is 9.59 Å². The van der Waals surface area contributed by atoms with Crippen molar-refractivity contribution >= 4 is 29.1 Å². The van der Waals surface area contributed by atoms with Crippen LogP contribution in [0.25, 0.3) is 0 Å². The number of hydrogen-bond acceptors (Lipinski definition) is 3. The van der Waals surface area contributed by atoms with Crippen molar-refractivity contribution in [1.82, 2.24) is 10.3 Å². The Hall–Kier alpha value is -2.84. The van der Waals surface area contributed by atoms with E-state index in [-0.39, 0.29) is 17.8 Å². The van der Waals surface area contributed by atoms with Gasteiger partial charge in [0.15, 0.2) is 6.04 Å². The van der Waals surface area contributed by atoms with Crippen LogP contribution in [0.4, 0.5) is 5.69 Å². The molecule has 0 aliphatic heterocycles. The van der Waals surface area contributed by atoms with Crippen LogP contribution in [0.15, 0.2) is 48.7 Å². The van der Waals surface area contributed by atoms with Gasteiger partial charge in [0.25, 0.3) is 0 Å². The zero-order valence-electron chi connectivity index (χ0n) is 16.2. The number of pyridine rings is 1. The molecule has 2 amide bonds. The number of amides is 2. The van der Waals surface area contributed by atoms with Crippen LogP contribution in [0.5, 0.6) is 0 Å². The summed E-state index contributed by atoms with van der Waals surface area (Å²) in [5, 5.41) is 3.12. The number of carbonyl (C=O) groups is 2. The Morgan fingerprint density at radius 1 is 1.21 bits per heavy atom. The molecular formula is C23H24ClN3O2. The summed E-state index contributed by atoms with van der Waals surface area (Å²) in [6, 6.07) is 11.5. The number of benzene rings is 1. The maximum absolute atomic E-state index is 13.4. The number of aromatic nitrogens is 1. The number of rotatable bonds is 6. The predicted octanol–water partition coefficient (Wildman–Crippen LogP) is 3.82. The highest BCUT2D eigenvalue weighted by molar-refractivity contribution is 6.29. The van der Waals surface area contributed by atoms with Gasteiger partial charge in [0.05, 0.1) is 5.69 Å². The van der Waals surface area contributed by atoms with E-state index in [1.807, 2.05) is 0 Å². The number of terminal acetylenes is 1. The van der Waals surface area contributed by atoms with E-state index in [0.717, 1.165) is 25.7 Å². The third-order valence-electron chi connectivity index (χ3n) is 5.10. The van der Waals surface area contributed by atoms with E-state index in [0.29, 0.717) is 16.9 Å². The smallest absolute Gasteiger partial charge is 0.249 e. The maximum Gasteiger partial charge on any atom is 0.249 e. The van der Waals surface area contributed by atoms with Gasteiger partial charge in [-0.1, -0.05) is 37.3 Å². The number of halogens is 1. The van der Waals surface area contributed by atoms with Gasteiger partial charge in [-0.25, -0.2) is 0 Å². The highest BCUT2D eigenvalue weighted by Crippen LogP contribution is 2.29. The summed E-state index contributed by atoms with van der Waals surface area (Å²) in [5.41, 5.74) is 1.60. The average Bonchev–Trinajstić information content (AvgIpc) is 2.78. The normalized spacial score (nSPS) is 15.2. The second-order valence-corrected chi connectivity index (χ2v) is 7.36. The lowest BCUT2D eigenvalue weighted by atomic mass is 9.95. The van der Waals surface area contributed by atoms with Crippen molar-refractivity contribution in [1.29, 1.82) is 0 Å². The molecular weight excluding hydrogens is 386 g/mol. The van der Waals surface area contributed by atoms with Gasteiger partial charge in [-0.15, -0.1) is 18.0 Å². The van der Waals surface area contributed by atoms with E-state index in [9.17, 15) is 9.59 Å². The molecule has 1 aromatic heterocycles. The summed E-state index contributed by atoms with van der Waals surface area (Å²) in [5.74, 6) is 1.65. The van der Waals surface area contributed by atoms with E-state index in [2.05, 4.69) is 16.2 Å². The molecule has 1 aliphatic carbocycles. The molecule has 29 heavy (non-hydrogen) atoms. The number of nitrogens with one attached hydrogen (secondary N) is 1. The first-order valence-electron chi connectivity index (χ1n) is 9.80. The lowest BCUT2D eigenvalue weighted by molar-refractivity contribution is -0.126. The van der Waals surface area contributed by atoms with Gasteiger partial charge in [0.1, 0.15) is 5.88 Å². The Morgan fingerprint density at radius 3 is 2.66 bits per heavy atom. The summed E-state index contributed by atoms with van der Waals surface area (Å²) in [4.78, 5) is 32.0. The van der Waals surface area contributed by atoms with E-state index in [1.165, 1.54) is 11.3 Å². The standard InChI is InChI=1S/C23H24ClN3O2/c1-2-17-9-8-12-19(15-17)27(21(28)16-24)22(20-13-6-7-14-25-20)23(29)26-18-10-4-3-5-11-18/h1,6-9,12-15,18,22H,3-5,10-11,16H2,(H,26,29). The summed E-state index contributed by atoms with van der Waals surface area (Å²) >= 11 is 5.91. The monoisotopic (exact) mass is 409 g/mol. The molecule has 1 saturated carbocycles. The van der Waals surface area contributed by atoms with E-state index < -0.39 is 11.9 Å². The van der Waals surface area contributed by atoms with Crippen LogP contribution in [0.1, 0.15) is 49.4 Å². The van der Waals surface area contributed by atoms with Gasteiger partial charge in [-0.3, -0.25) is 19.5 Å². The fourth-order valence-electron chi connectivity index (χ4n) is 3.70. The van der Waals surface area contributed by atoms with Crippen LogP contribution in [0.3, 0.4) is 0 Å². The van der Waals surface area contributed by atoms with Crippen molar-refractivity contribution in [2.75, 3.05) is 10.8 Å². The van der Waals surface area contributed by atoms with Crippen LogP contribution in [0, 0.1) is 12.3 Å². The molecule has 1 unspecified atom stereocenters. The van der Waals surface area contributed by atoms with Gasteiger partial charge in [0, 0.05) is 23.5 Å². The Labute approximate surface area is 176 Å². The molecule has 1 atom stereocenters. The molecule has 1 heterocycles. The third kappa shape index (κ3) is 5.16. The quantitative estimate of drug-likeness (QED) is 0.582. The van der Waals surface area contributed by atoms with Crippen LogP contribution in [0.2, 0.25) is 0 Å². The first-order valence-corrected chi connectivity index (χ1v) is 10.3. The molecule has 0 radical (unpaired) electrons. The molecule has 1 aromatic carbocycles. The zero-order valence-corrected chi connectivity index (χ0v) is 16.9. The summed E-state index contributed by atoms with van der Waals surface area (Å²) < 4.78 is 0. The lowest BCUT2D eigenvalue weighted by Crippen LogP contribution is -2.48.